The first kappa shape index (κ1) is 19.1. The Balaban J connectivity index is 1.84. The first-order chi connectivity index (χ1) is 13.6. The monoisotopic (exact) mass is 383 g/mol. The van der Waals surface area contributed by atoms with Gasteiger partial charge in [-0.15, -0.1) is 0 Å². The van der Waals surface area contributed by atoms with Gasteiger partial charge in [0.15, 0.2) is 11.5 Å². The number of hydrogen-bond acceptors (Lipinski definition) is 6. The molecule has 1 amide bonds. The molecule has 3 aromatic rings. The van der Waals surface area contributed by atoms with Crippen LogP contribution in [0.4, 0.5) is 0 Å². The summed E-state index contributed by atoms with van der Waals surface area (Å²) in [7, 11) is 6.18. The second kappa shape index (κ2) is 8.34. The molecule has 0 fully saturated rings. The van der Waals surface area contributed by atoms with Crippen molar-refractivity contribution in [2.45, 2.75) is 0 Å². The molecule has 0 unspecified atom stereocenters. The summed E-state index contributed by atoms with van der Waals surface area (Å²) in [6.07, 6.45) is 1.54. The van der Waals surface area contributed by atoms with E-state index in [-0.39, 0.29) is 0 Å². The van der Waals surface area contributed by atoms with Gasteiger partial charge in [-0.25, -0.2) is 5.43 Å². The number of carbonyl (C=O) groups is 1. The fourth-order valence-corrected chi connectivity index (χ4v) is 2.82. The van der Waals surface area contributed by atoms with Gasteiger partial charge in [0, 0.05) is 11.5 Å². The van der Waals surface area contributed by atoms with Gasteiger partial charge in [0.1, 0.15) is 11.4 Å². The van der Waals surface area contributed by atoms with Crippen molar-refractivity contribution in [3.05, 3.63) is 47.7 Å². The molecule has 8 nitrogen and oxygen atoms in total. The van der Waals surface area contributed by atoms with Crippen molar-refractivity contribution in [2.24, 2.45) is 5.10 Å². The number of methoxy groups -OCH3 is 4. The molecule has 1 aromatic heterocycles. The van der Waals surface area contributed by atoms with E-state index in [2.05, 4.69) is 15.5 Å². The number of amides is 1. The van der Waals surface area contributed by atoms with Crippen molar-refractivity contribution < 1.29 is 23.7 Å². The van der Waals surface area contributed by atoms with Crippen molar-refractivity contribution in [3.63, 3.8) is 0 Å². The first-order valence-electron chi connectivity index (χ1n) is 8.40. The molecule has 0 spiro atoms. The number of carbonyl (C=O) groups excluding carboxylic acids is 1. The highest BCUT2D eigenvalue weighted by Gasteiger charge is 2.19. The van der Waals surface area contributed by atoms with Gasteiger partial charge < -0.3 is 23.9 Å². The number of rotatable bonds is 7. The molecule has 2 N–H and O–H groups in total. The van der Waals surface area contributed by atoms with E-state index in [0.717, 1.165) is 5.56 Å². The lowest BCUT2D eigenvalue weighted by Crippen LogP contribution is -2.17. The van der Waals surface area contributed by atoms with Crippen molar-refractivity contribution in [1.29, 1.82) is 0 Å². The Labute approximate surface area is 162 Å². The summed E-state index contributed by atoms with van der Waals surface area (Å²) in [6.45, 7) is 0. The van der Waals surface area contributed by atoms with Gasteiger partial charge in [-0.2, -0.15) is 5.10 Å². The molecule has 0 atom stereocenters. The minimum absolute atomic E-state index is 0.325. The predicted octanol–water partition coefficient (Wildman–Crippen LogP) is 2.97. The number of nitrogens with zero attached hydrogens (tertiary/aromatic N) is 1. The Morgan fingerprint density at radius 1 is 1.00 bits per heavy atom. The first-order valence-corrected chi connectivity index (χ1v) is 8.40. The zero-order valence-electron chi connectivity index (χ0n) is 16.0. The Bertz CT molecular complexity index is 1030. The zero-order valence-corrected chi connectivity index (χ0v) is 16.0. The van der Waals surface area contributed by atoms with Crippen LogP contribution in [0.5, 0.6) is 23.0 Å². The third kappa shape index (κ3) is 3.71. The third-order valence-electron chi connectivity index (χ3n) is 4.14. The van der Waals surface area contributed by atoms with Crippen LogP contribution in [-0.4, -0.2) is 45.5 Å². The van der Waals surface area contributed by atoms with Gasteiger partial charge in [-0.1, -0.05) is 12.1 Å². The van der Waals surface area contributed by atoms with Crippen molar-refractivity contribution in [2.75, 3.05) is 28.4 Å². The minimum Gasteiger partial charge on any atom is -0.497 e. The van der Waals surface area contributed by atoms with Crippen molar-refractivity contribution in [3.8, 4) is 23.0 Å². The van der Waals surface area contributed by atoms with E-state index in [1.54, 1.807) is 19.2 Å². The smallest absolute Gasteiger partial charge is 0.287 e. The average Bonchev–Trinajstić information content (AvgIpc) is 3.16. The van der Waals surface area contributed by atoms with E-state index in [4.69, 9.17) is 18.9 Å². The number of ether oxygens (including phenoxy) is 4. The predicted molar refractivity (Wildman–Crippen MR) is 106 cm³/mol. The second-order valence-corrected chi connectivity index (χ2v) is 5.77. The van der Waals surface area contributed by atoms with E-state index in [1.807, 2.05) is 24.3 Å². The zero-order chi connectivity index (χ0) is 20.1. The fourth-order valence-electron chi connectivity index (χ4n) is 2.82. The standard InChI is InChI=1S/C20H21N3O5/c1-25-13-7-5-6-12(8-13)11-21-23-20(24)16-9-14-15(22-16)10-17(26-2)19(28-4)18(14)27-3/h5-11,22H,1-4H3,(H,23,24)/b21-11-. The largest absolute Gasteiger partial charge is 0.497 e. The molecule has 0 aliphatic carbocycles. The lowest BCUT2D eigenvalue weighted by atomic mass is 10.2. The molecule has 146 valence electrons. The lowest BCUT2D eigenvalue weighted by Gasteiger charge is -2.12. The molecule has 0 aliphatic heterocycles. The number of nitrogens with one attached hydrogen (secondary N) is 2. The molecule has 2 aromatic carbocycles. The normalized spacial score (nSPS) is 10.9. The molecule has 1 heterocycles. The summed E-state index contributed by atoms with van der Waals surface area (Å²) >= 11 is 0. The Hall–Kier alpha value is -3.68. The Kier molecular flexibility index (Phi) is 5.69. The number of benzene rings is 2. The van der Waals surface area contributed by atoms with Crippen LogP contribution >= 0.6 is 0 Å². The van der Waals surface area contributed by atoms with Crippen LogP contribution in [0.25, 0.3) is 10.9 Å². The maximum absolute atomic E-state index is 12.5. The van der Waals surface area contributed by atoms with E-state index in [0.29, 0.717) is 39.6 Å². The van der Waals surface area contributed by atoms with Crippen LogP contribution in [-0.2, 0) is 0 Å². The number of fused-ring (bicyclic) bond motifs is 1. The van der Waals surface area contributed by atoms with Gasteiger partial charge in [0.25, 0.3) is 5.91 Å². The van der Waals surface area contributed by atoms with Gasteiger partial charge >= 0.3 is 0 Å². The number of H-pyrrole nitrogens is 1. The molecule has 0 radical (unpaired) electrons. The van der Waals surface area contributed by atoms with Crippen molar-refractivity contribution in [1.82, 2.24) is 10.4 Å². The van der Waals surface area contributed by atoms with Crippen LogP contribution in [0.1, 0.15) is 16.1 Å². The molecule has 0 saturated carbocycles. The quantitative estimate of drug-likeness (QED) is 0.483. The molecule has 0 saturated heterocycles. The molecule has 28 heavy (non-hydrogen) atoms. The topological polar surface area (TPSA) is 94.2 Å². The van der Waals surface area contributed by atoms with Gasteiger partial charge in [-0.3, -0.25) is 4.79 Å². The fraction of sp³-hybridized carbons (Fsp3) is 0.200. The van der Waals surface area contributed by atoms with Crippen LogP contribution < -0.4 is 24.4 Å². The van der Waals surface area contributed by atoms with E-state index >= 15 is 0 Å². The van der Waals surface area contributed by atoms with E-state index in [9.17, 15) is 4.79 Å². The summed E-state index contributed by atoms with van der Waals surface area (Å²) < 4.78 is 21.3. The Morgan fingerprint density at radius 2 is 1.79 bits per heavy atom. The van der Waals surface area contributed by atoms with Crippen LogP contribution in [0, 0.1) is 0 Å². The number of hydrazone groups is 1. The number of hydrogen-bond donors (Lipinski definition) is 2. The lowest BCUT2D eigenvalue weighted by molar-refractivity contribution is 0.0951. The Morgan fingerprint density at radius 3 is 2.46 bits per heavy atom. The SMILES string of the molecule is COc1cccc(/C=N\NC(=O)c2cc3c(OC)c(OC)c(OC)cc3[nH]2)c1. The van der Waals surface area contributed by atoms with Gasteiger partial charge in [0.05, 0.1) is 40.2 Å². The summed E-state index contributed by atoms with van der Waals surface area (Å²) in [4.78, 5) is 15.5. The highest BCUT2D eigenvalue weighted by atomic mass is 16.5. The summed E-state index contributed by atoms with van der Waals surface area (Å²) in [5, 5.41) is 4.69. The molecule has 0 aliphatic rings. The van der Waals surface area contributed by atoms with E-state index in [1.165, 1.54) is 27.5 Å². The van der Waals surface area contributed by atoms with Crippen molar-refractivity contribution >= 4 is 23.0 Å². The highest BCUT2D eigenvalue weighted by Crippen LogP contribution is 2.43. The summed E-state index contributed by atoms with van der Waals surface area (Å²) in [5.74, 6) is 1.75. The number of aromatic amines is 1. The van der Waals surface area contributed by atoms with Crippen LogP contribution in [0.3, 0.4) is 0 Å². The van der Waals surface area contributed by atoms with E-state index < -0.39 is 5.91 Å². The maximum Gasteiger partial charge on any atom is 0.287 e. The second-order valence-electron chi connectivity index (χ2n) is 5.77. The summed E-state index contributed by atoms with van der Waals surface area (Å²) in [6, 6.07) is 10.7. The average molecular weight is 383 g/mol. The van der Waals surface area contributed by atoms with Crippen LogP contribution in [0.15, 0.2) is 41.5 Å². The maximum atomic E-state index is 12.5. The molecular formula is C20H21N3O5. The third-order valence-corrected chi connectivity index (χ3v) is 4.14. The molecule has 8 heteroatoms. The van der Waals surface area contributed by atoms with Gasteiger partial charge in [-0.05, 0) is 23.8 Å². The number of aromatic nitrogens is 1. The van der Waals surface area contributed by atoms with Gasteiger partial charge in [0.2, 0.25) is 5.75 Å². The minimum atomic E-state index is -0.393. The molecule has 3 rings (SSSR count). The molecule has 0 bridgehead atoms. The van der Waals surface area contributed by atoms with Crippen LogP contribution in [0.2, 0.25) is 0 Å². The highest BCUT2D eigenvalue weighted by molar-refractivity contribution is 6.01. The molecular weight excluding hydrogens is 362 g/mol. The summed E-state index contributed by atoms with van der Waals surface area (Å²) in [5.41, 5.74) is 4.30.